The predicted molar refractivity (Wildman–Crippen MR) is 51.2 cm³/mol. The van der Waals surface area contributed by atoms with Crippen LogP contribution >= 0.6 is 27.5 Å². The van der Waals surface area contributed by atoms with Crippen molar-refractivity contribution >= 4 is 39.5 Å². The standard InChI is InChI=1S/C7H7BrClNO/c1-3-5(7(9)11)6(8)4-10-2/h3-4H,2H2,1H3/b5-3+,6-4+. The molecule has 0 rings (SSSR count). The molecule has 11 heavy (non-hydrogen) atoms. The first-order valence-corrected chi connectivity index (χ1v) is 3.98. The summed E-state index contributed by atoms with van der Waals surface area (Å²) >= 11 is 8.35. The van der Waals surface area contributed by atoms with Gasteiger partial charge in [-0.15, -0.1) is 0 Å². The number of carbonyl (C=O) groups excluding carboxylic acids is 1. The molecule has 0 spiro atoms. The van der Waals surface area contributed by atoms with E-state index in [0.29, 0.717) is 10.1 Å². The number of halogens is 2. The maximum Gasteiger partial charge on any atom is 0.253 e. The quantitative estimate of drug-likeness (QED) is 0.321. The van der Waals surface area contributed by atoms with E-state index in [2.05, 4.69) is 27.6 Å². The molecule has 0 fully saturated rings. The molecule has 0 bridgehead atoms. The SMILES string of the molecule is C=N/C=C(Br)\C(=C/C)C(=O)Cl. The second-order valence-corrected chi connectivity index (χ2v) is 2.83. The summed E-state index contributed by atoms with van der Waals surface area (Å²) in [5, 5.41) is -0.515. The molecule has 0 aromatic heterocycles. The van der Waals surface area contributed by atoms with Gasteiger partial charge in [0.05, 0.1) is 0 Å². The monoisotopic (exact) mass is 235 g/mol. The van der Waals surface area contributed by atoms with Crippen LogP contribution in [-0.2, 0) is 4.79 Å². The molecule has 0 saturated heterocycles. The lowest BCUT2D eigenvalue weighted by Gasteiger charge is -1.95. The van der Waals surface area contributed by atoms with E-state index in [4.69, 9.17) is 11.6 Å². The van der Waals surface area contributed by atoms with Gasteiger partial charge in [-0.1, -0.05) is 6.08 Å². The van der Waals surface area contributed by atoms with Crippen molar-refractivity contribution in [2.24, 2.45) is 4.99 Å². The minimum atomic E-state index is -0.515. The highest BCUT2D eigenvalue weighted by atomic mass is 79.9. The average molecular weight is 236 g/mol. The lowest BCUT2D eigenvalue weighted by Crippen LogP contribution is -1.91. The number of hydrogen-bond donors (Lipinski definition) is 0. The predicted octanol–water partition coefficient (Wildman–Crippen LogP) is 2.64. The van der Waals surface area contributed by atoms with Crippen LogP contribution in [0.15, 0.2) is 27.3 Å². The number of rotatable bonds is 3. The molecule has 0 N–H and O–H groups in total. The minimum absolute atomic E-state index is 0.388. The summed E-state index contributed by atoms with van der Waals surface area (Å²) in [5.74, 6) is 0. The molecule has 0 atom stereocenters. The van der Waals surface area contributed by atoms with Gasteiger partial charge in [-0.2, -0.15) is 0 Å². The van der Waals surface area contributed by atoms with E-state index in [0.717, 1.165) is 0 Å². The van der Waals surface area contributed by atoms with Crippen molar-refractivity contribution in [3.63, 3.8) is 0 Å². The van der Waals surface area contributed by atoms with Crippen LogP contribution in [0.3, 0.4) is 0 Å². The zero-order chi connectivity index (χ0) is 8.85. The fourth-order valence-electron chi connectivity index (χ4n) is 0.495. The van der Waals surface area contributed by atoms with Gasteiger partial charge in [0.2, 0.25) is 0 Å². The van der Waals surface area contributed by atoms with Crippen LogP contribution in [0, 0.1) is 0 Å². The summed E-state index contributed by atoms with van der Waals surface area (Å²) < 4.78 is 0.537. The summed E-state index contributed by atoms with van der Waals surface area (Å²) in [6.07, 6.45) is 3.01. The van der Waals surface area contributed by atoms with Crippen LogP contribution in [0.1, 0.15) is 6.92 Å². The Morgan fingerprint density at radius 2 is 2.27 bits per heavy atom. The van der Waals surface area contributed by atoms with Crippen molar-refractivity contribution in [3.8, 4) is 0 Å². The molecule has 0 aliphatic rings. The highest BCUT2D eigenvalue weighted by Crippen LogP contribution is 2.19. The maximum absolute atomic E-state index is 10.7. The van der Waals surface area contributed by atoms with E-state index in [1.165, 1.54) is 6.20 Å². The third-order valence-corrected chi connectivity index (χ3v) is 1.80. The number of carbonyl (C=O) groups is 1. The first kappa shape index (κ1) is 10.6. The molecule has 2 nitrogen and oxygen atoms in total. The van der Waals surface area contributed by atoms with Crippen LogP contribution in [0.5, 0.6) is 0 Å². The Hall–Kier alpha value is -0.410. The van der Waals surface area contributed by atoms with Gasteiger partial charge in [0.15, 0.2) is 0 Å². The summed E-state index contributed by atoms with van der Waals surface area (Å²) in [4.78, 5) is 14.1. The molecule has 0 unspecified atom stereocenters. The molecule has 4 heteroatoms. The zero-order valence-electron chi connectivity index (χ0n) is 5.97. The summed E-state index contributed by atoms with van der Waals surface area (Å²) in [7, 11) is 0. The number of allylic oxidation sites excluding steroid dienone is 3. The average Bonchev–Trinajstić information content (AvgIpc) is 1.88. The Kier molecular flexibility index (Phi) is 5.07. The van der Waals surface area contributed by atoms with Crippen LogP contribution in [0.25, 0.3) is 0 Å². The highest BCUT2D eigenvalue weighted by molar-refractivity contribution is 9.12. The van der Waals surface area contributed by atoms with E-state index >= 15 is 0 Å². The molecule has 0 heterocycles. The van der Waals surface area contributed by atoms with Gasteiger partial charge < -0.3 is 0 Å². The van der Waals surface area contributed by atoms with Crippen LogP contribution < -0.4 is 0 Å². The van der Waals surface area contributed by atoms with Crippen LogP contribution in [0.2, 0.25) is 0 Å². The second kappa shape index (κ2) is 5.27. The van der Waals surface area contributed by atoms with E-state index in [1.807, 2.05) is 0 Å². The maximum atomic E-state index is 10.7. The fourth-order valence-corrected chi connectivity index (χ4v) is 1.37. The van der Waals surface area contributed by atoms with Gasteiger partial charge in [-0.25, -0.2) is 0 Å². The highest BCUT2D eigenvalue weighted by Gasteiger charge is 2.07. The molecule has 0 radical (unpaired) electrons. The van der Waals surface area contributed by atoms with Crippen LogP contribution in [-0.4, -0.2) is 12.0 Å². The topological polar surface area (TPSA) is 29.4 Å². The first-order valence-electron chi connectivity index (χ1n) is 2.81. The third kappa shape index (κ3) is 3.49. The van der Waals surface area contributed by atoms with E-state index in [-0.39, 0.29) is 0 Å². The smallest absolute Gasteiger partial charge is 0.253 e. The molecule has 0 aromatic rings. The molecule has 60 valence electrons. The Bertz CT molecular complexity index is 233. The van der Waals surface area contributed by atoms with Gasteiger partial charge in [-0.05, 0) is 41.2 Å². The summed E-state index contributed by atoms with van der Waals surface area (Å²) in [6, 6.07) is 0. The second-order valence-electron chi connectivity index (χ2n) is 1.64. The van der Waals surface area contributed by atoms with Gasteiger partial charge in [0.25, 0.3) is 5.24 Å². The third-order valence-electron chi connectivity index (χ3n) is 0.962. The molecule has 0 aliphatic carbocycles. The normalized spacial score (nSPS) is 13.0. The first-order chi connectivity index (χ1) is 5.13. The Balaban J connectivity index is 4.67. The van der Waals surface area contributed by atoms with Gasteiger partial charge >= 0.3 is 0 Å². The lowest BCUT2D eigenvalue weighted by atomic mass is 10.3. The van der Waals surface area contributed by atoms with Crippen molar-refractivity contribution in [1.29, 1.82) is 0 Å². The number of nitrogens with zero attached hydrogens (tertiary/aromatic N) is 1. The van der Waals surface area contributed by atoms with Crippen molar-refractivity contribution in [2.75, 3.05) is 0 Å². The molecular formula is C7H7BrClNO. The Labute approximate surface area is 78.8 Å². The number of hydrogen-bond acceptors (Lipinski definition) is 2. The van der Waals surface area contributed by atoms with Gasteiger partial charge in [0, 0.05) is 16.3 Å². The Morgan fingerprint density at radius 1 is 1.73 bits per heavy atom. The molecule has 0 amide bonds. The summed E-state index contributed by atoms with van der Waals surface area (Å²) in [5.41, 5.74) is 0.388. The van der Waals surface area contributed by atoms with Crippen molar-refractivity contribution in [1.82, 2.24) is 0 Å². The van der Waals surface area contributed by atoms with E-state index < -0.39 is 5.24 Å². The molecule has 0 saturated carbocycles. The minimum Gasteiger partial charge on any atom is -0.276 e. The van der Waals surface area contributed by atoms with E-state index in [9.17, 15) is 4.79 Å². The zero-order valence-corrected chi connectivity index (χ0v) is 8.32. The molecular weight excluding hydrogens is 229 g/mol. The Morgan fingerprint density at radius 3 is 2.55 bits per heavy atom. The summed E-state index contributed by atoms with van der Waals surface area (Å²) in [6.45, 7) is 4.95. The number of aliphatic imine (C=N–C) groups is 1. The molecule has 0 aliphatic heterocycles. The molecule has 0 aromatic carbocycles. The van der Waals surface area contributed by atoms with Gasteiger partial charge in [-0.3, -0.25) is 9.79 Å². The largest absolute Gasteiger partial charge is 0.276 e. The van der Waals surface area contributed by atoms with Crippen molar-refractivity contribution in [3.05, 3.63) is 22.3 Å². The van der Waals surface area contributed by atoms with Crippen molar-refractivity contribution < 1.29 is 4.79 Å². The van der Waals surface area contributed by atoms with E-state index in [1.54, 1.807) is 13.0 Å². The van der Waals surface area contributed by atoms with Crippen LogP contribution in [0.4, 0.5) is 0 Å². The van der Waals surface area contributed by atoms with Gasteiger partial charge in [0.1, 0.15) is 0 Å². The fraction of sp³-hybridized carbons (Fsp3) is 0.143. The lowest BCUT2D eigenvalue weighted by molar-refractivity contribution is -0.108. The van der Waals surface area contributed by atoms with Crippen molar-refractivity contribution in [2.45, 2.75) is 6.92 Å².